The number of benzene rings is 2. The minimum atomic E-state index is -0.322. The summed E-state index contributed by atoms with van der Waals surface area (Å²) in [7, 11) is 0. The molecule has 0 bridgehead atoms. The Hall–Kier alpha value is -2.23. The zero-order valence-electron chi connectivity index (χ0n) is 10.1. The summed E-state index contributed by atoms with van der Waals surface area (Å²) in [6, 6.07) is 11.6. The molecule has 0 atom stereocenters. The topological polar surface area (TPSA) is 47.3 Å². The first-order valence-corrected chi connectivity index (χ1v) is 5.74. The lowest BCUT2D eigenvalue weighted by atomic mass is 10.2. The molecule has 0 unspecified atom stereocenters. The molecule has 94 valence electrons. The maximum atomic E-state index is 13.1. The van der Waals surface area contributed by atoms with Crippen molar-refractivity contribution in [1.29, 1.82) is 0 Å². The van der Waals surface area contributed by atoms with E-state index in [9.17, 15) is 4.39 Å². The summed E-state index contributed by atoms with van der Waals surface area (Å²) in [5.41, 5.74) is 7.65. The second-order valence-electron chi connectivity index (χ2n) is 3.81. The van der Waals surface area contributed by atoms with Crippen molar-refractivity contribution in [2.45, 2.75) is 6.92 Å². The Morgan fingerprint density at radius 2 is 1.89 bits per heavy atom. The van der Waals surface area contributed by atoms with Crippen LogP contribution in [-0.2, 0) is 0 Å². The molecular formula is C14H15FN2O. The van der Waals surface area contributed by atoms with Crippen molar-refractivity contribution in [3.8, 4) is 5.75 Å². The van der Waals surface area contributed by atoms with E-state index in [-0.39, 0.29) is 5.82 Å². The van der Waals surface area contributed by atoms with Gasteiger partial charge in [-0.3, -0.25) is 0 Å². The van der Waals surface area contributed by atoms with Crippen LogP contribution < -0.4 is 15.8 Å². The third-order valence-electron chi connectivity index (χ3n) is 2.46. The Morgan fingerprint density at radius 1 is 1.17 bits per heavy atom. The minimum absolute atomic E-state index is 0.322. The molecule has 0 saturated heterocycles. The predicted octanol–water partition coefficient (Wildman–Crippen LogP) is 3.55. The molecule has 2 aromatic carbocycles. The molecule has 0 aliphatic carbocycles. The second-order valence-corrected chi connectivity index (χ2v) is 3.81. The first-order chi connectivity index (χ1) is 8.69. The van der Waals surface area contributed by atoms with Crippen molar-refractivity contribution in [3.63, 3.8) is 0 Å². The fourth-order valence-corrected chi connectivity index (χ4v) is 1.59. The van der Waals surface area contributed by atoms with Crippen molar-refractivity contribution >= 4 is 17.1 Å². The molecule has 0 aromatic heterocycles. The molecule has 18 heavy (non-hydrogen) atoms. The molecule has 3 N–H and O–H groups in total. The van der Waals surface area contributed by atoms with Crippen LogP contribution in [0.4, 0.5) is 21.5 Å². The van der Waals surface area contributed by atoms with Gasteiger partial charge >= 0.3 is 0 Å². The highest BCUT2D eigenvalue weighted by atomic mass is 19.1. The van der Waals surface area contributed by atoms with Crippen molar-refractivity contribution in [2.24, 2.45) is 0 Å². The lowest BCUT2D eigenvalue weighted by Gasteiger charge is -2.10. The quantitative estimate of drug-likeness (QED) is 0.811. The van der Waals surface area contributed by atoms with Gasteiger partial charge in [-0.05, 0) is 49.4 Å². The van der Waals surface area contributed by atoms with E-state index in [1.807, 2.05) is 31.2 Å². The molecule has 0 fully saturated rings. The van der Waals surface area contributed by atoms with E-state index in [0.717, 1.165) is 11.4 Å². The van der Waals surface area contributed by atoms with Crippen LogP contribution in [0.25, 0.3) is 0 Å². The smallest absolute Gasteiger partial charge is 0.125 e. The lowest BCUT2D eigenvalue weighted by Crippen LogP contribution is -1.97. The van der Waals surface area contributed by atoms with Crippen molar-refractivity contribution in [1.82, 2.24) is 0 Å². The van der Waals surface area contributed by atoms with Gasteiger partial charge in [-0.15, -0.1) is 0 Å². The number of hydrogen-bond acceptors (Lipinski definition) is 3. The molecule has 0 aliphatic heterocycles. The number of anilines is 3. The van der Waals surface area contributed by atoms with Crippen LogP contribution in [0.2, 0.25) is 0 Å². The predicted molar refractivity (Wildman–Crippen MR) is 71.7 cm³/mol. The van der Waals surface area contributed by atoms with Gasteiger partial charge in [0.25, 0.3) is 0 Å². The summed E-state index contributed by atoms with van der Waals surface area (Å²) >= 11 is 0. The van der Waals surface area contributed by atoms with Gasteiger partial charge in [0.15, 0.2) is 0 Å². The van der Waals surface area contributed by atoms with Crippen molar-refractivity contribution in [2.75, 3.05) is 17.7 Å². The highest BCUT2D eigenvalue weighted by Gasteiger charge is 2.02. The number of hydrogen-bond donors (Lipinski definition) is 2. The van der Waals surface area contributed by atoms with E-state index < -0.39 is 0 Å². The van der Waals surface area contributed by atoms with E-state index in [1.165, 1.54) is 18.2 Å². The number of rotatable bonds is 4. The lowest BCUT2D eigenvalue weighted by molar-refractivity contribution is 0.340. The van der Waals surface area contributed by atoms with E-state index in [2.05, 4.69) is 5.32 Å². The fraction of sp³-hybridized carbons (Fsp3) is 0.143. The van der Waals surface area contributed by atoms with Gasteiger partial charge in [0, 0.05) is 5.69 Å². The first kappa shape index (κ1) is 12.2. The number of nitrogens with one attached hydrogen (secondary N) is 1. The number of halogens is 1. The molecule has 0 radical (unpaired) electrons. The van der Waals surface area contributed by atoms with E-state index >= 15 is 0 Å². The summed E-state index contributed by atoms with van der Waals surface area (Å²) in [4.78, 5) is 0. The number of nitrogens with two attached hydrogens (primary N) is 1. The van der Waals surface area contributed by atoms with E-state index in [0.29, 0.717) is 18.0 Å². The van der Waals surface area contributed by atoms with Crippen LogP contribution in [0.1, 0.15) is 6.92 Å². The minimum Gasteiger partial charge on any atom is -0.494 e. The van der Waals surface area contributed by atoms with E-state index in [4.69, 9.17) is 10.5 Å². The summed E-state index contributed by atoms with van der Waals surface area (Å²) in [5.74, 6) is 0.480. The monoisotopic (exact) mass is 246 g/mol. The first-order valence-electron chi connectivity index (χ1n) is 5.74. The maximum Gasteiger partial charge on any atom is 0.125 e. The summed E-state index contributed by atoms with van der Waals surface area (Å²) in [6.07, 6.45) is 0. The zero-order chi connectivity index (χ0) is 13.0. The normalized spacial score (nSPS) is 10.1. The highest BCUT2D eigenvalue weighted by molar-refractivity contribution is 5.72. The van der Waals surface area contributed by atoms with Crippen LogP contribution in [0, 0.1) is 5.82 Å². The van der Waals surface area contributed by atoms with Gasteiger partial charge in [0.2, 0.25) is 0 Å². The van der Waals surface area contributed by atoms with Gasteiger partial charge < -0.3 is 15.8 Å². The van der Waals surface area contributed by atoms with Crippen LogP contribution in [0.15, 0.2) is 42.5 Å². The third-order valence-corrected chi connectivity index (χ3v) is 2.46. The van der Waals surface area contributed by atoms with Crippen LogP contribution in [-0.4, -0.2) is 6.61 Å². The standard InChI is InChI=1S/C14H15FN2O/c1-2-18-12-6-4-11(5-7-12)17-14-9-10(15)3-8-13(14)16/h3-9,17H,2,16H2,1H3. The Kier molecular flexibility index (Phi) is 3.67. The van der Waals surface area contributed by atoms with Crippen LogP contribution >= 0.6 is 0 Å². The molecule has 0 amide bonds. The average molecular weight is 246 g/mol. The van der Waals surface area contributed by atoms with Gasteiger partial charge in [-0.25, -0.2) is 4.39 Å². The fourth-order valence-electron chi connectivity index (χ4n) is 1.59. The summed E-state index contributed by atoms with van der Waals surface area (Å²) in [6.45, 7) is 2.56. The van der Waals surface area contributed by atoms with Crippen LogP contribution in [0.5, 0.6) is 5.75 Å². The third kappa shape index (κ3) is 2.91. The SMILES string of the molecule is CCOc1ccc(Nc2cc(F)ccc2N)cc1. The van der Waals surface area contributed by atoms with Crippen molar-refractivity contribution < 1.29 is 9.13 Å². The highest BCUT2D eigenvalue weighted by Crippen LogP contribution is 2.25. The van der Waals surface area contributed by atoms with Gasteiger partial charge in [-0.2, -0.15) is 0 Å². The van der Waals surface area contributed by atoms with Gasteiger partial charge in [0.05, 0.1) is 18.0 Å². The molecule has 0 heterocycles. The van der Waals surface area contributed by atoms with Gasteiger partial charge in [-0.1, -0.05) is 0 Å². The molecule has 3 nitrogen and oxygen atoms in total. The Bertz CT molecular complexity index is 526. The zero-order valence-corrected chi connectivity index (χ0v) is 10.1. The molecule has 0 saturated carbocycles. The Balaban J connectivity index is 2.15. The molecule has 0 spiro atoms. The van der Waals surface area contributed by atoms with Gasteiger partial charge in [0.1, 0.15) is 11.6 Å². The molecule has 2 aromatic rings. The summed E-state index contributed by atoms with van der Waals surface area (Å²) in [5, 5.41) is 3.06. The molecule has 0 aliphatic rings. The molecule has 2 rings (SSSR count). The van der Waals surface area contributed by atoms with Crippen molar-refractivity contribution in [3.05, 3.63) is 48.3 Å². The Labute approximate surface area is 105 Å². The Morgan fingerprint density at radius 3 is 2.56 bits per heavy atom. The number of nitrogen functional groups attached to an aromatic ring is 1. The number of ether oxygens (including phenoxy) is 1. The second kappa shape index (κ2) is 5.40. The largest absolute Gasteiger partial charge is 0.494 e. The average Bonchev–Trinajstić information content (AvgIpc) is 2.37. The molecular weight excluding hydrogens is 231 g/mol. The van der Waals surface area contributed by atoms with Crippen LogP contribution in [0.3, 0.4) is 0 Å². The summed E-state index contributed by atoms with van der Waals surface area (Å²) < 4.78 is 18.4. The molecule has 4 heteroatoms. The maximum absolute atomic E-state index is 13.1. The van der Waals surface area contributed by atoms with E-state index in [1.54, 1.807) is 0 Å².